The summed E-state index contributed by atoms with van der Waals surface area (Å²) < 4.78 is 6.42. The molecule has 0 saturated carbocycles. The normalized spacial score (nSPS) is 15.4. The van der Waals surface area contributed by atoms with Crippen LogP contribution in [0.4, 0.5) is 10.5 Å². The minimum absolute atomic E-state index is 0.0487. The maximum atomic E-state index is 14.4. The van der Waals surface area contributed by atoms with E-state index in [0.29, 0.717) is 66.0 Å². The van der Waals surface area contributed by atoms with Gasteiger partial charge in [-0.1, -0.05) is 97.1 Å². The fraction of sp³-hybridized carbons (Fsp3) is 0.268. The number of benzene rings is 4. The second-order valence-corrected chi connectivity index (χ2v) is 12.8. The van der Waals surface area contributed by atoms with Gasteiger partial charge >= 0.3 is 6.09 Å². The molecule has 5 rings (SSSR count). The van der Waals surface area contributed by atoms with E-state index in [-0.39, 0.29) is 18.7 Å². The fourth-order valence-electron chi connectivity index (χ4n) is 6.01. The van der Waals surface area contributed by atoms with Crippen LogP contribution in [0.1, 0.15) is 59.3 Å². The van der Waals surface area contributed by atoms with Crippen LogP contribution >= 0.6 is 0 Å². The van der Waals surface area contributed by atoms with Gasteiger partial charge in [-0.3, -0.25) is 28.9 Å². The standard InChI is InChI=1S/C41H43N5O8/c1-27(44-34(47)25-28-19-21-30(22-20-28)37(49)29-13-5-2-6-14-29)39(50)45-36-38(31-15-7-3-8-16-31)54-33-18-10-9-17-32(33)46(40(36)51)26-35(48)42-23-11-4-12-24-43-41(52)53/h2-3,5-10,13-22,27,36,38,43H,4,11-12,23-26H2,1H3,(H,42,48)(H,44,47)(H,45,50)(H,52,53)/t27-,36-,38+/m0/s1. The second kappa shape index (κ2) is 18.8. The maximum Gasteiger partial charge on any atom is 0.404 e. The van der Waals surface area contributed by atoms with Gasteiger partial charge in [0.1, 0.15) is 24.4 Å². The molecule has 0 bridgehead atoms. The molecule has 1 heterocycles. The number of amides is 5. The lowest BCUT2D eigenvalue weighted by molar-refractivity contribution is -0.132. The number of anilines is 1. The number of ketones is 1. The number of rotatable bonds is 16. The molecule has 54 heavy (non-hydrogen) atoms. The third kappa shape index (κ3) is 10.5. The SMILES string of the molecule is C[C@H](NC(=O)Cc1ccc(C(=O)c2ccccc2)cc1)C(=O)N[C@@H]1C(=O)N(CC(=O)NCCCCCNC(=O)O)c2ccccc2O[C@@H]1c1ccccc1. The number of carbonyl (C=O) groups excluding carboxylic acids is 5. The molecule has 13 heteroatoms. The van der Waals surface area contributed by atoms with Crippen molar-refractivity contribution in [3.8, 4) is 5.75 Å². The van der Waals surface area contributed by atoms with Crippen LogP contribution in [-0.4, -0.2) is 72.3 Å². The maximum absolute atomic E-state index is 14.4. The van der Waals surface area contributed by atoms with Crippen molar-refractivity contribution < 1.29 is 38.6 Å². The third-order valence-corrected chi connectivity index (χ3v) is 8.81. The molecule has 4 aromatic carbocycles. The van der Waals surface area contributed by atoms with Crippen molar-refractivity contribution in [3.63, 3.8) is 0 Å². The van der Waals surface area contributed by atoms with Gasteiger partial charge in [0.25, 0.3) is 5.91 Å². The van der Waals surface area contributed by atoms with Crippen LogP contribution < -0.4 is 30.9 Å². The van der Waals surface area contributed by atoms with Crippen molar-refractivity contribution in [2.75, 3.05) is 24.5 Å². The Kier molecular flexibility index (Phi) is 13.5. The number of carbonyl (C=O) groups is 6. The molecule has 0 radical (unpaired) electrons. The lowest BCUT2D eigenvalue weighted by Gasteiger charge is -2.29. The molecule has 4 aromatic rings. The first-order valence-electron chi connectivity index (χ1n) is 17.7. The van der Waals surface area contributed by atoms with E-state index < -0.39 is 47.9 Å². The molecular weight excluding hydrogens is 690 g/mol. The Bertz CT molecular complexity index is 1940. The molecule has 0 saturated heterocycles. The first kappa shape index (κ1) is 38.7. The molecule has 0 aromatic heterocycles. The van der Waals surface area contributed by atoms with E-state index in [0.717, 1.165) is 0 Å². The summed E-state index contributed by atoms with van der Waals surface area (Å²) in [6, 6.07) is 29.0. The van der Waals surface area contributed by atoms with Crippen molar-refractivity contribution in [2.45, 2.75) is 50.8 Å². The van der Waals surface area contributed by atoms with E-state index in [9.17, 15) is 28.8 Å². The number of unbranched alkanes of at least 4 members (excludes halogenated alkanes) is 2. The van der Waals surface area contributed by atoms with Crippen molar-refractivity contribution >= 4 is 41.2 Å². The first-order valence-corrected chi connectivity index (χ1v) is 17.7. The third-order valence-electron chi connectivity index (χ3n) is 8.81. The van der Waals surface area contributed by atoms with Gasteiger partial charge in [-0.05, 0) is 49.4 Å². The number of fused-ring (bicyclic) bond motifs is 1. The smallest absolute Gasteiger partial charge is 0.404 e. The minimum atomic E-state index is -1.28. The molecule has 1 aliphatic rings. The van der Waals surface area contributed by atoms with Gasteiger partial charge in [0, 0.05) is 24.2 Å². The van der Waals surface area contributed by atoms with Gasteiger partial charge in [-0.2, -0.15) is 0 Å². The Morgan fingerprint density at radius 3 is 2.04 bits per heavy atom. The Hall–Kier alpha value is -6.50. The molecular formula is C41H43N5O8. The van der Waals surface area contributed by atoms with E-state index in [1.54, 1.807) is 97.1 Å². The van der Waals surface area contributed by atoms with E-state index in [2.05, 4.69) is 21.3 Å². The zero-order chi connectivity index (χ0) is 38.5. The average molecular weight is 734 g/mol. The number of hydrogen-bond acceptors (Lipinski definition) is 7. The van der Waals surface area contributed by atoms with Gasteiger partial charge in [0.15, 0.2) is 11.9 Å². The fourth-order valence-corrected chi connectivity index (χ4v) is 6.01. The van der Waals surface area contributed by atoms with Gasteiger partial charge in [0.05, 0.1) is 12.1 Å². The summed E-state index contributed by atoms with van der Waals surface area (Å²) in [6.07, 6.45) is -0.205. The molecule has 0 spiro atoms. The van der Waals surface area contributed by atoms with Gasteiger partial charge in [0.2, 0.25) is 17.7 Å². The lowest BCUT2D eigenvalue weighted by atomic mass is 10.0. The van der Waals surface area contributed by atoms with Gasteiger partial charge in [-0.25, -0.2) is 4.79 Å². The van der Waals surface area contributed by atoms with Crippen molar-refractivity contribution in [1.82, 2.24) is 21.3 Å². The second-order valence-electron chi connectivity index (χ2n) is 12.8. The molecule has 5 amide bonds. The molecule has 280 valence electrons. The largest absolute Gasteiger partial charge is 0.481 e. The van der Waals surface area contributed by atoms with Crippen molar-refractivity contribution in [3.05, 3.63) is 131 Å². The van der Waals surface area contributed by atoms with Gasteiger partial charge < -0.3 is 31.1 Å². The van der Waals surface area contributed by atoms with Crippen molar-refractivity contribution in [2.24, 2.45) is 0 Å². The summed E-state index contributed by atoms with van der Waals surface area (Å²) in [5, 5.41) is 19.3. The van der Waals surface area contributed by atoms with Crippen LogP contribution in [0, 0.1) is 0 Å². The Morgan fingerprint density at radius 1 is 0.741 bits per heavy atom. The number of para-hydroxylation sites is 2. The molecule has 3 atom stereocenters. The number of hydrogen-bond donors (Lipinski definition) is 5. The number of nitrogens with one attached hydrogen (secondary N) is 4. The zero-order valence-corrected chi connectivity index (χ0v) is 29.8. The van der Waals surface area contributed by atoms with Crippen LogP contribution in [0.3, 0.4) is 0 Å². The van der Waals surface area contributed by atoms with Gasteiger partial charge in [-0.15, -0.1) is 0 Å². The summed E-state index contributed by atoms with van der Waals surface area (Å²) in [7, 11) is 0. The molecule has 5 N–H and O–H groups in total. The summed E-state index contributed by atoms with van der Waals surface area (Å²) >= 11 is 0. The van der Waals surface area contributed by atoms with E-state index in [1.165, 1.54) is 11.8 Å². The van der Waals surface area contributed by atoms with Crippen LogP contribution in [-0.2, 0) is 25.6 Å². The summed E-state index contributed by atoms with van der Waals surface area (Å²) in [5.74, 6) is -1.88. The number of carboxylic acid groups (broad SMARTS) is 1. The predicted octanol–water partition coefficient (Wildman–Crippen LogP) is 4.17. The highest BCUT2D eigenvalue weighted by atomic mass is 16.5. The first-order chi connectivity index (χ1) is 26.1. The Morgan fingerprint density at radius 2 is 1.35 bits per heavy atom. The Labute approximate surface area is 313 Å². The minimum Gasteiger partial charge on any atom is -0.481 e. The lowest BCUT2D eigenvalue weighted by Crippen LogP contribution is -2.56. The monoisotopic (exact) mass is 733 g/mol. The van der Waals surface area contributed by atoms with E-state index in [1.807, 2.05) is 12.1 Å². The zero-order valence-electron chi connectivity index (χ0n) is 29.8. The summed E-state index contributed by atoms with van der Waals surface area (Å²) in [4.78, 5) is 78.9. The molecule has 13 nitrogen and oxygen atoms in total. The average Bonchev–Trinajstić information content (AvgIpc) is 3.28. The Balaban J connectivity index is 1.25. The molecule has 0 aliphatic carbocycles. The van der Waals surface area contributed by atoms with Crippen LogP contribution in [0.5, 0.6) is 5.75 Å². The highest BCUT2D eigenvalue weighted by Gasteiger charge is 2.41. The van der Waals surface area contributed by atoms with Crippen LogP contribution in [0.25, 0.3) is 0 Å². The highest BCUT2D eigenvalue weighted by Crippen LogP contribution is 2.37. The molecule has 0 unspecified atom stereocenters. The summed E-state index contributed by atoms with van der Waals surface area (Å²) in [6.45, 7) is 1.79. The topological polar surface area (TPSA) is 183 Å². The quantitative estimate of drug-likeness (QED) is 0.0840. The molecule has 1 aliphatic heterocycles. The number of nitrogens with zero attached hydrogens (tertiary/aromatic N) is 1. The highest BCUT2D eigenvalue weighted by molar-refractivity contribution is 6.09. The predicted molar refractivity (Wildman–Crippen MR) is 201 cm³/mol. The summed E-state index contributed by atoms with van der Waals surface area (Å²) in [5.41, 5.74) is 2.65. The van der Waals surface area contributed by atoms with Crippen LogP contribution in [0.2, 0.25) is 0 Å². The number of ether oxygens (including phenoxy) is 1. The van der Waals surface area contributed by atoms with E-state index in [4.69, 9.17) is 9.84 Å². The molecule has 0 fully saturated rings. The van der Waals surface area contributed by atoms with Crippen molar-refractivity contribution in [1.29, 1.82) is 0 Å². The van der Waals surface area contributed by atoms with Crippen LogP contribution in [0.15, 0.2) is 109 Å². The van der Waals surface area contributed by atoms with E-state index >= 15 is 0 Å².